The van der Waals surface area contributed by atoms with Crippen LogP contribution in [-0.4, -0.2) is 22.4 Å². The molecule has 0 spiro atoms. The molecule has 0 aromatic heterocycles. The average Bonchev–Trinajstić information content (AvgIpc) is 2.75. The molecule has 0 aliphatic heterocycles. The van der Waals surface area contributed by atoms with E-state index in [1.807, 2.05) is 0 Å². The van der Waals surface area contributed by atoms with Gasteiger partial charge < -0.3 is 10.2 Å². The average molecular weight is 311 g/mol. The van der Waals surface area contributed by atoms with Crippen molar-refractivity contribution in [2.24, 2.45) is 29.1 Å². The SMILES string of the molecule is C[C@]12CC[C@@H]3C[C@H](CC(O)C#CCl)CC[C@H]3[C@@H]1CC[C@@H]2O. The van der Waals surface area contributed by atoms with E-state index in [-0.39, 0.29) is 11.5 Å². The Kier molecular flexibility index (Phi) is 4.55. The number of aliphatic hydroxyl groups excluding tert-OH is 2. The van der Waals surface area contributed by atoms with Crippen LogP contribution < -0.4 is 0 Å². The number of hydrogen-bond acceptors (Lipinski definition) is 2. The minimum absolute atomic E-state index is 0.0815. The Labute approximate surface area is 133 Å². The van der Waals surface area contributed by atoms with E-state index in [0.717, 1.165) is 30.6 Å². The van der Waals surface area contributed by atoms with Gasteiger partial charge in [0.15, 0.2) is 0 Å². The minimum atomic E-state index is -0.564. The molecule has 7 atom stereocenters. The molecule has 0 aromatic rings. The molecule has 2 N–H and O–H groups in total. The third-order valence-electron chi connectivity index (χ3n) is 6.86. The molecule has 0 bridgehead atoms. The van der Waals surface area contributed by atoms with Gasteiger partial charge >= 0.3 is 0 Å². The molecule has 3 fully saturated rings. The van der Waals surface area contributed by atoms with E-state index in [1.54, 1.807) is 0 Å². The van der Waals surface area contributed by atoms with Gasteiger partial charge in [0.2, 0.25) is 0 Å². The monoisotopic (exact) mass is 310 g/mol. The summed E-state index contributed by atoms with van der Waals surface area (Å²) >= 11 is 5.37. The van der Waals surface area contributed by atoms with Crippen LogP contribution in [0.2, 0.25) is 0 Å². The molecule has 0 amide bonds. The third-order valence-corrected chi connectivity index (χ3v) is 6.97. The maximum atomic E-state index is 10.3. The maximum absolute atomic E-state index is 10.3. The molecule has 3 heteroatoms. The molecule has 118 valence electrons. The van der Waals surface area contributed by atoms with Gasteiger partial charge in [-0.1, -0.05) is 19.3 Å². The van der Waals surface area contributed by atoms with Gasteiger partial charge in [-0.2, -0.15) is 0 Å². The van der Waals surface area contributed by atoms with Crippen LogP contribution in [0.4, 0.5) is 0 Å². The van der Waals surface area contributed by atoms with E-state index in [9.17, 15) is 10.2 Å². The first-order valence-electron chi connectivity index (χ1n) is 8.52. The van der Waals surface area contributed by atoms with Gasteiger partial charge in [0.25, 0.3) is 0 Å². The summed E-state index contributed by atoms with van der Waals surface area (Å²) in [7, 11) is 0. The Morgan fingerprint density at radius 1 is 1.24 bits per heavy atom. The Morgan fingerprint density at radius 3 is 2.81 bits per heavy atom. The standard InChI is InChI=1S/C18H27ClO2/c1-18-8-6-13-10-12(11-14(20)7-9-19)2-3-15(13)16(18)4-5-17(18)21/h12-17,20-21H,2-6,8,10-11H2,1H3/t12-,13-,14?,15-,16+,17+,18+/m1/s1. The van der Waals surface area contributed by atoms with Crippen LogP contribution in [0, 0.1) is 40.4 Å². The molecule has 0 saturated heterocycles. The summed E-state index contributed by atoms with van der Waals surface area (Å²) in [6, 6.07) is 0. The smallest absolute Gasteiger partial charge is 0.116 e. The Balaban J connectivity index is 1.63. The van der Waals surface area contributed by atoms with Crippen LogP contribution in [0.25, 0.3) is 0 Å². The first kappa shape index (κ1) is 15.7. The van der Waals surface area contributed by atoms with Crippen molar-refractivity contribution < 1.29 is 10.2 Å². The predicted molar refractivity (Wildman–Crippen MR) is 84.6 cm³/mol. The highest BCUT2D eigenvalue weighted by atomic mass is 35.5. The van der Waals surface area contributed by atoms with Crippen LogP contribution in [0.15, 0.2) is 0 Å². The Bertz CT molecular complexity index is 440. The lowest BCUT2D eigenvalue weighted by Crippen LogP contribution is -2.45. The van der Waals surface area contributed by atoms with Gasteiger partial charge in [0, 0.05) is 5.38 Å². The van der Waals surface area contributed by atoms with E-state index in [2.05, 4.69) is 18.2 Å². The maximum Gasteiger partial charge on any atom is 0.116 e. The highest BCUT2D eigenvalue weighted by Crippen LogP contribution is 2.59. The summed E-state index contributed by atoms with van der Waals surface area (Å²) in [5.41, 5.74) is 0.178. The predicted octanol–water partition coefficient (Wildman–Crippen LogP) is 3.54. The summed E-state index contributed by atoms with van der Waals surface area (Å²) in [6.07, 6.45) is 8.46. The van der Waals surface area contributed by atoms with Crippen LogP contribution in [0.1, 0.15) is 58.3 Å². The second-order valence-corrected chi connectivity index (χ2v) is 8.03. The molecule has 3 saturated carbocycles. The van der Waals surface area contributed by atoms with Crippen molar-refractivity contribution in [2.45, 2.75) is 70.5 Å². The molecule has 21 heavy (non-hydrogen) atoms. The van der Waals surface area contributed by atoms with Crippen LogP contribution in [0.3, 0.4) is 0 Å². The zero-order valence-corrected chi connectivity index (χ0v) is 13.6. The largest absolute Gasteiger partial charge is 0.393 e. The molecular formula is C18H27ClO2. The minimum Gasteiger partial charge on any atom is -0.393 e. The van der Waals surface area contributed by atoms with Gasteiger partial charge in [0.1, 0.15) is 6.10 Å². The van der Waals surface area contributed by atoms with E-state index >= 15 is 0 Å². The summed E-state index contributed by atoms with van der Waals surface area (Å²) in [5, 5.41) is 22.5. The fourth-order valence-corrected chi connectivity index (χ4v) is 5.82. The molecular weight excluding hydrogens is 284 g/mol. The lowest BCUT2D eigenvalue weighted by atomic mass is 9.55. The van der Waals surface area contributed by atoms with E-state index < -0.39 is 6.10 Å². The second-order valence-electron chi connectivity index (χ2n) is 7.84. The van der Waals surface area contributed by atoms with Crippen molar-refractivity contribution in [1.29, 1.82) is 0 Å². The summed E-state index contributed by atoms with van der Waals surface area (Å²) in [5.74, 6) is 5.56. The lowest BCUT2D eigenvalue weighted by Gasteiger charge is -2.51. The molecule has 2 nitrogen and oxygen atoms in total. The van der Waals surface area contributed by atoms with Gasteiger partial charge in [-0.05, 0) is 85.6 Å². The van der Waals surface area contributed by atoms with E-state index in [0.29, 0.717) is 5.92 Å². The van der Waals surface area contributed by atoms with Crippen molar-refractivity contribution in [3.05, 3.63) is 0 Å². The van der Waals surface area contributed by atoms with Gasteiger partial charge in [-0.15, -0.1) is 0 Å². The fraction of sp³-hybridized carbons (Fsp3) is 0.889. The zero-order chi connectivity index (χ0) is 15.0. The first-order chi connectivity index (χ1) is 10.0. The van der Waals surface area contributed by atoms with Crippen molar-refractivity contribution in [1.82, 2.24) is 0 Å². The molecule has 3 aliphatic carbocycles. The van der Waals surface area contributed by atoms with E-state index in [1.165, 1.54) is 38.5 Å². The Hall–Kier alpha value is -0.230. The molecule has 0 heterocycles. The summed E-state index contributed by atoms with van der Waals surface area (Å²) < 4.78 is 0. The quantitative estimate of drug-likeness (QED) is 0.766. The molecule has 1 unspecified atom stereocenters. The topological polar surface area (TPSA) is 40.5 Å². The summed E-state index contributed by atoms with van der Waals surface area (Å²) in [4.78, 5) is 0. The number of rotatable bonds is 2. The van der Waals surface area contributed by atoms with Crippen LogP contribution in [-0.2, 0) is 0 Å². The second kappa shape index (κ2) is 6.11. The summed E-state index contributed by atoms with van der Waals surface area (Å²) in [6.45, 7) is 2.32. The molecule has 0 radical (unpaired) electrons. The normalized spacial score (nSPS) is 47.0. The van der Waals surface area contributed by atoms with E-state index in [4.69, 9.17) is 11.6 Å². The number of halogens is 1. The number of fused-ring (bicyclic) bond motifs is 3. The molecule has 3 aliphatic rings. The first-order valence-corrected chi connectivity index (χ1v) is 8.89. The molecule has 0 aromatic carbocycles. The van der Waals surface area contributed by atoms with Crippen molar-refractivity contribution in [3.63, 3.8) is 0 Å². The van der Waals surface area contributed by atoms with Crippen molar-refractivity contribution in [3.8, 4) is 11.3 Å². The lowest BCUT2D eigenvalue weighted by molar-refractivity contribution is -0.0540. The van der Waals surface area contributed by atoms with Gasteiger partial charge in [0.05, 0.1) is 6.10 Å². The van der Waals surface area contributed by atoms with Crippen LogP contribution >= 0.6 is 11.6 Å². The Morgan fingerprint density at radius 2 is 2.05 bits per heavy atom. The molecule has 3 rings (SSSR count). The van der Waals surface area contributed by atoms with Crippen molar-refractivity contribution in [2.75, 3.05) is 0 Å². The van der Waals surface area contributed by atoms with Crippen LogP contribution in [0.5, 0.6) is 0 Å². The zero-order valence-electron chi connectivity index (χ0n) is 12.9. The highest BCUT2D eigenvalue weighted by molar-refractivity contribution is 6.30. The third kappa shape index (κ3) is 2.85. The number of aliphatic hydroxyl groups is 2. The number of hydrogen-bond donors (Lipinski definition) is 2. The highest BCUT2D eigenvalue weighted by Gasteiger charge is 2.54. The fourth-order valence-electron chi connectivity index (χ4n) is 5.69. The van der Waals surface area contributed by atoms with Gasteiger partial charge in [-0.3, -0.25) is 0 Å². The van der Waals surface area contributed by atoms with Crippen molar-refractivity contribution >= 4 is 11.6 Å². The van der Waals surface area contributed by atoms with Gasteiger partial charge in [-0.25, -0.2) is 0 Å².